The molecule has 0 radical (unpaired) electrons. The van der Waals surface area contributed by atoms with E-state index in [1.807, 2.05) is 0 Å². The number of ether oxygens (including phenoxy) is 3. The minimum Gasteiger partial charge on any atom is -0.389 e. The molecule has 1 aromatic carbocycles. The molecule has 0 spiro atoms. The molecule has 0 atom stereocenters. The number of methoxy groups -OCH3 is 1. The van der Waals surface area contributed by atoms with E-state index in [1.54, 1.807) is 25.3 Å². The van der Waals surface area contributed by atoms with Crippen LogP contribution in [0.4, 0.5) is 4.39 Å². The molecular formula is C14H20FNO3S. The van der Waals surface area contributed by atoms with E-state index >= 15 is 0 Å². The minimum absolute atomic E-state index is 0.0471. The Morgan fingerprint density at radius 1 is 1.20 bits per heavy atom. The van der Waals surface area contributed by atoms with Gasteiger partial charge in [-0.1, -0.05) is 24.4 Å². The first-order chi connectivity index (χ1) is 9.66. The van der Waals surface area contributed by atoms with Gasteiger partial charge in [-0.2, -0.15) is 0 Å². The van der Waals surface area contributed by atoms with Crippen LogP contribution >= 0.6 is 12.2 Å². The van der Waals surface area contributed by atoms with Crippen LogP contribution in [0.15, 0.2) is 18.2 Å². The Kier molecular flexibility index (Phi) is 8.29. The lowest BCUT2D eigenvalue weighted by atomic mass is 10.1. The fourth-order valence-electron chi connectivity index (χ4n) is 1.59. The first-order valence-electron chi connectivity index (χ1n) is 6.38. The summed E-state index contributed by atoms with van der Waals surface area (Å²) < 4.78 is 29.5. The average Bonchev–Trinajstić information content (AvgIpc) is 2.43. The number of hydrogen-bond donors (Lipinski definition) is 1. The van der Waals surface area contributed by atoms with Gasteiger partial charge in [-0.3, -0.25) is 0 Å². The highest BCUT2D eigenvalue weighted by molar-refractivity contribution is 7.80. The van der Waals surface area contributed by atoms with Crippen LogP contribution < -0.4 is 5.73 Å². The van der Waals surface area contributed by atoms with E-state index in [-0.39, 0.29) is 17.2 Å². The Labute approximate surface area is 124 Å². The third kappa shape index (κ3) is 5.92. The van der Waals surface area contributed by atoms with Gasteiger partial charge in [-0.05, 0) is 12.5 Å². The van der Waals surface area contributed by atoms with Crippen molar-refractivity contribution in [2.75, 3.05) is 33.5 Å². The van der Waals surface area contributed by atoms with E-state index in [2.05, 4.69) is 0 Å². The zero-order valence-electron chi connectivity index (χ0n) is 11.6. The summed E-state index contributed by atoms with van der Waals surface area (Å²) in [5.41, 5.74) is 6.12. The molecule has 0 aliphatic heterocycles. The smallest absolute Gasteiger partial charge is 0.138 e. The summed E-state index contributed by atoms with van der Waals surface area (Å²) >= 11 is 4.78. The summed E-state index contributed by atoms with van der Waals surface area (Å²) in [4.78, 5) is 0.0471. The standard InChI is InChI=1S/C14H20FNO3S/c1-17-6-3-7-18-8-9-19-10-11-4-2-5-12(13(11)15)14(16)20/h2,4-5H,3,6-10H2,1H3,(H2,16,20). The van der Waals surface area contributed by atoms with Gasteiger partial charge in [-0.15, -0.1) is 0 Å². The molecule has 0 amide bonds. The maximum atomic E-state index is 13.9. The Bertz CT molecular complexity index is 429. The van der Waals surface area contributed by atoms with Crippen molar-refractivity contribution in [1.82, 2.24) is 0 Å². The van der Waals surface area contributed by atoms with E-state index in [4.69, 9.17) is 32.2 Å². The highest BCUT2D eigenvalue weighted by Crippen LogP contribution is 2.13. The van der Waals surface area contributed by atoms with Crippen LogP contribution in [0.2, 0.25) is 0 Å². The molecule has 20 heavy (non-hydrogen) atoms. The van der Waals surface area contributed by atoms with E-state index < -0.39 is 5.82 Å². The van der Waals surface area contributed by atoms with Gasteiger partial charge in [0.05, 0.1) is 19.8 Å². The predicted octanol–water partition coefficient (Wildman–Crippen LogP) is 2.03. The van der Waals surface area contributed by atoms with E-state index in [0.29, 0.717) is 32.0 Å². The zero-order valence-corrected chi connectivity index (χ0v) is 12.4. The van der Waals surface area contributed by atoms with Gasteiger partial charge in [0.2, 0.25) is 0 Å². The van der Waals surface area contributed by atoms with Crippen LogP contribution in [0.5, 0.6) is 0 Å². The summed E-state index contributed by atoms with van der Waals surface area (Å²) in [5.74, 6) is -0.416. The summed E-state index contributed by atoms with van der Waals surface area (Å²) in [7, 11) is 1.65. The second kappa shape index (κ2) is 9.77. The van der Waals surface area contributed by atoms with Gasteiger partial charge in [0.1, 0.15) is 10.8 Å². The van der Waals surface area contributed by atoms with Gasteiger partial charge in [0, 0.05) is 31.5 Å². The topological polar surface area (TPSA) is 53.7 Å². The Hall–Kier alpha value is -1.08. The maximum Gasteiger partial charge on any atom is 0.138 e. The fourth-order valence-corrected chi connectivity index (χ4v) is 1.75. The van der Waals surface area contributed by atoms with Crippen LogP contribution in [-0.4, -0.2) is 38.5 Å². The van der Waals surface area contributed by atoms with Crippen LogP contribution in [0.3, 0.4) is 0 Å². The van der Waals surface area contributed by atoms with Crippen LogP contribution in [0.1, 0.15) is 17.5 Å². The Morgan fingerprint density at radius 3 is 2.65 bits per heavy atom. The van der Waals surface area contributed by atoms with Crippen molar-refractivity contribution in [1.29, 1.82) is 0 Å². The van der Waals surface area contributed by atoms with Gasteiger partial charge in [0.25, 0.3) is 0 Å². The second-order valence-electron chi connectivity index (χ2n) is 4.15. The summed E-state index contributed by atoms with van der Waals surface area (Å²) in [6.07, 6.45) is 0.848. The monoisotopic (exact) mass is 301 g/mol. The molecule has 0 bridgehead atoms. The molecule has 4 nitrogen and oxygen atoms in total. The fraction of sp³-hybridized carbons (Fsp3) is 0.500. The SMILES string of the molecule is COCCCOCCOCc1cccc(C(N)=S)c1F. The molecule has 0 aliphatic rings. The van der Waals surface area contributed by atoms with Crippen molar-refractivity contribution in [2.45, 2.75) is 13.0 Å². The van der Waals surface area contributed by atoms with E-state index in [9.17, 15) is 4.39 Å². The van der Waals surface area contributed by atoms with Crippen LogP contribution in [-0.2, 0) is 20.8 Å². The van der Waals surface area contributed by atoms with Gasteiger partial charge in [-0.25, -0.2) is 4.39 Å². The lowest BCUT2D eigenvalue weighted by molar-refractivity contribution is 0.0329. The van der Waals surface area contributed by atoms with Gasteiger partial charge >= 0.3 is 0 Å². The number of halogens is 1. The number of hydrogen-bond acceptors (Lipinski definition) is 4. The molecule has 6 heteroatoms. The van der Waals surface area contributed by atoms with Crippen molar-refractivity contribution in [3.8, 4) is 0 Å². The molecule has 1 aromatic rings. The highest BCUT2D eigenvalue weighted by atomic mass is 32.1. The summed E-state index contributed by atoms with van der Waals surface area (Å²) in [6, 6.07) is 4.91. The molecule has 0 aromatic heterocycles. The largest absolute Gasteiger partial charge is 0.389 e. The predicted molar refractivity (Wildman–Crippen MR) is 79.3 cm³/mol. The quantitative estimate of drug-likeness (QED) is 0.529. The number of benzene rings is 1. The van der Waals surface area contributed by atoms with Gasteiger partial charge < -0.3 is 19.9 Å². The molecule has 112 valence electrons. The normalized spacial score (nSPS) is 10.7. The lowest BCUT2D eigenvalue weighted by Crippen LogP contribution is -2.13. The molecule has 0 saturated carbocycles. The Balaban J connectivity index is 2.25. The number of rotatable bonds is 10. The third-order valence-corrected chi connectivity index (χ3v) is 2.83. The van der Waals surface area contributed by atoms with Crippen LogP contribution in [0, 0.1) is 5.82 Å². The van der Waals surface area contributed by atoms with Crippen molar-refractivity contribution in [3.63, 3.8) is 0 Å². The first-order valence-corrected chi connectivity index (χ1v) is 6.79. The molecule has 1 rings (SSSR count). The average molecular weight is 301 g/mol. The molecule has 0 aliphatic carbocycles. The first kappa shape index (κ1) is 17.0. The number of nitrogens with two attached hydrogens (primary N) is 1. The third-order valence-electron chi connectivity index (χ3n) is 2.61. The molecule has 0 heterocycles. The Morgan fingerprint density at radius 2 is 1.95 bits per heavy atom. The molecule has 0 saturated heterocycles. The second-order valence-corrected chi connectivity index (χ2v) is 4.59. The molecule has 2 N–H and O–H groups in total. The highest BCUT2D eigenvalue weighted by Gasteiger charge is 2.09. The van der Waals surface area contributed by atoms with Crippen LogP contribution in [0.25, 0.3) is 0 Å². The number of thiocarbonyl (C=S) groups is 1. The summed E-state index contributed by atoms with van der Waals surface area (Å²) in [5, 5.41) is 0. The molecule has 0 fully saturated rings. The van der Waals surface area contributed by atoms with Crippen molar-refractivity contribution in [2.24, 2.45) is 5.73 Å². The lowest BCUT2D eigenvalue weighted by Gasteiger charge is -2.08. The summed E-state index contributed by atoms with van der Waals surface area (Å²) in [6.45, 7) is 2.36. The maximum absolute atomic E-state index is 13.9. The van der Waals surface area contributed by atoms with E-state index in [0.717, 1.165) is 6.42 Å². The van der Waals surface area contributed by atoms with Crippen molar-refractivity contribution in [3.05, 3.63) is 35.1 Å². The van der Waals surface area contributed by atoms with Gasteiger partial charge in [0.15, 0.2) is 0 Å². The van der Waals surface area contributed by atoms with Crippen molar-refractivity contribution < 1.29 is 18.6 Å². The molecule has 0 unspecified atom stereocenters. The van der Waals surface area contributed by atoms with E-state index in [1.165, 1.54) is 0 Å². The zero-order chi connectivity index (χ0) is 14.8. The molecular weight excluding hydrogens is 281 g/mol. The minimum atomic E-state index is -0.416. The van der Waals surface area contributed by atoms with Crippen molar-refractivity contribution >= 4 is 17.2 Å².